The van der Waals surface area contributed by atoms with Crippen LogP contribution in [0.4, 0.5) is 34.1 Å². The van der Waals surface area contributed by atoms with E-state index in [-0.39, 0.29) is 43.3 Å². The van der Waals surface area contributed by atoms with Gasteiger partial charge in [-0.1, -0.05) is 48.5 Å². The average molecular weight is 577 g/mol. The van der Waals surface area contributed by atoms with E-state index < -0.39 is 20.2 Å². The molecule has 6 N–H and O–H groups in total. The maximum atomic E-state index is 11.9. The molecule has 0 aliphatic carbocycles. The van der Waals surface area contributed by atoms with Crippen LogP contribution in [-0.2, 0) is 20.2 Å². The Labute approximate surface area is 228 Å². The van der Waals surface area contributed by atoms with Crippen LogP contribution in [0, 0.1) is 0 Å². The second-order valence-corrected chi connectivity index (χ2v) is 11.4. The lowest BCUT2D eigenvalue weighted by molar-refractivity contribution is 0.482. The van der Waals surface area contributed by atoms with Gasteiger partial charge in [0.05, 0.1) is 22.7 Å². The van der Waals surface area contributed by atoms with E-state index in [4.69, 9.17) is 11.5 Å². The van der Waals surface area contributed by atoms with Crippen molar-refractivity contribution in [3.63, 3.8) is 0 Å². The van der Waals surface area contributed by atoms with Crippen LogP contribution < -0.4 is 11.5 Å². The van der Waals surface area contributed by atoms with Crippen molar-refractivity contribution >= 4 is 75.9 Å². The molecule has 0 fully saturated rings. The molecule has 0 unspecified atom stereocenters. The van der Waals surface area contributed by atoms with Crippen molar-refractivity contribution in [2.75, 3.05) is 11.5 Å². The molecule has 14 heteroatoms. The van der Waals surface area contributed by atoms with E-state index in [1.807, 2.05) is 0 Å². The highest BCUT2D eigenvalue weighted by molar-refractivity contribution is 7.86. The van der Waals surface area contributed by atoms with Gasteiger partial charge in [-0.2, -0.15) is 27.1 Å². The predicted molar refractivity (Wildman–Crippen MR) is 151 cm³/mol. The molecule has 0 saturated carbocycles. The number of hydrogen-bond acceptors (Lipinski definition) is 10. The summed E-state index contributed by atoms with van der Waals surface area (Å²) in [6.45, 7) is 0. The van der Waals surface area contributed by atoms with Crippen molar-refractivity contribution in [2.24, 2.45) is 20.5 Å². The average Bonchev–Trinajstić information content (AvgIpc) is 2.92. The number of fused-ring (bicyclic) bond motifs is 2. The number of nitrogen functional groups attached to an aromatic ring is 2. The molecule has 0 aliphatic heterocycles. The van der Waals surface area contributed by atoms with Crippen molar-refractivity contribution in [2.45, 2.75) is 9.79 Å². The lowest BCUT2D eigenvalue weighted by Crippen LogP contribution is -2.01. The predicted octanol–water partition coefficient (Wildman–Crippen LogP) is 6.48. The molecule has 5 rings (SSSR count). The monoisotopic (exact) mass is 576 g/mol. The summed E-state index contributed by atoms with van der Waals surface area (Å²) in [6.07, 6.45) is 0. The smallest absolute Gasteiger partial charge is 0.295 e. The minimum Gasteiger partial charge on any atom is -0.396 e. The van der Waals surface area contributed by atoms with Gasteiger partial charge in [0.2, 0.25) is 0 Å². The number of hydrogen-bond donors (Lipinski definition) is 4. The first-order valence-corrected chi connectivity index (χ1v) is 14.3. The van der Waals surface area contributed by atoms with Gasteiger partial charge in [-0.05, 0) is 36.4 Å². The standard InChI is InChI=1S/C26H20N6O6S2/c27-25-19-7-3-1-5-17(19)23(39(33,34)35)13-21(25)31-29-15-9-11-16(12-10-15)30-32-22-14-24(40(36,37)38)18-6-2-4-8-20(18)26(22)28/h1-14H,27-28H2,(H,33,34,35)(H,36,37,38). The highest BCUT2D eigenvalue weighted by atomic mass is 32.2. The minimum absolute atomic E-state index is 0.0523. The molecule has 40 heavy (non-hydrogen) atoms. The molecule has 0 aromatic heterocycles. The summed E-state index contributed by atoms with van der Waals surface area (Å²) >= 11 is 0. The van der Waals surface area contributed by atoms with E-state index in [1.54, 1.807) is 60.7 Å². The zero-order valence-electron chi connectivity index (χ0n) is 20.4. The summed E-state index contributed by atoms with van der Waals surface area (Å²) in [5, 5.41) is 17.6. The van der Waals surface area contributed by atoms with E-state index in [2.05, 4.69) is 20.5 Å². The molecule has 0 heterocycles. The zero-order chi connectivity index (χ0) is 28.7. The van der Waals surface area contributed by atoms with Gasteiger partial charge >= 0.3 is 0 Å². The van der Waals surface area contributed by atoms with E-state index >= 15 is 0 Å². The Hall–Kier alpha value is -4.76. The molecule has 202 valence electrons. The maximum Gasteiger partial charge on any atom is 0.295 e. The van der Waals surface area contributed by atoms with Crippen LogP contribution >= 0.6 is 0 Å². The zero-order valence-corrected chi connectivity index (χ0v) is 22.0. The fourth-order valence-electron chi connectivity index (χ4n) is 4.10. The van der Waals surface area contributed by atoms with Crippen LogP contribution in [0.25, 0.3) is 21.5 Å². The van der Waals surface area contributed by atoms with Crippen LogP contribution in [0.5, 0.6) is 0 Å². The topological polar surface area (TPSA) is 210 Å². The summed E-state index contributed by atoms with van der Waals surface area (Å²) in [7, 11) is -9.10. The fourth-order valence-corrected chi connectivity index (χ4v) is 5.54. The quantitative estimate of drug-likeness (QED) is 0.0995. The third-order valence-electron chi connectivity index (χ3n) is 6.00. The van der Waals surface area contributed by atoms with Gasteiger partial charge in [0.15, 0.2) is 0 Å². The number of benzene rings is 5. The Balaban J connectivity index is 1.45. The molecule has 0 aliphatic rings. The van der Waals surface area contributed by atoms with Crippen LogP contribution in [0.1, 0.15) is 0 Å². The molecule has 0 amide bonds. The summed E-state index contributed by atoms with van der Waals surface area (Å²) in [4.78, 5) is -0.681. The highest BCUT2D eigenvalue weighted by Crippen LogP contribution is 2.38. The molecule has 0 spiro atoms. The summed E-state index contributed by atoms with van der Waals surface area (Å²) in [5.41, 5.74) is 13.6. The van der Waals surface area contributed by atoms with Gasteiger partial charge in [0.1, 0.15) is 21.2 Å². The van der Waals surface area contributed by atoms with Gasteiger partial charge in [-0.25, -0.2) is 0 Å². The van der Waals surface area contributed by atoms with Crippen LogP contribution in [-0.4, -0.2) is 25.9 Å². The van der Waals surface area contributed by atoms with Crippen molar-refractivity contribution in [3.05, 3.63) is 84.9 Å². The molecule has 5 aromatic rings. The number of anilines is 2. The van der Waals surface area contributed by atoms with Crippen molar-refractivity contribution < 1.29 is 25.9 Å². The molecule has 0 atom stereocenters. The molecule has 0 radical (unpaired) electrons. The Bertz CT molecular complexity index is 1930. The first-order chi connectivity index (χ1) is 18.9. The van der Waals surface area contributed by atoms with E-state index in [0.29, 0.717) is 22.1 Å². The number of rotatable bonds is 6. The molecule has 0 bridgehead atoms. The maximum absolute atomic E-state index is 11.9. The van der Waals surface area contributed by atoms with Gasteiger partial charge < -0.3 is 11.5 Å². The molecule has 5 aromatic carbocycles. The summed E-state index contributed by atoms with van der Waals surface area (Å²) < 4.78 is 67.0. The van der Waals surface area contributed by atoms with E-state index in [9.17, 15) is 25.9 Å². The Morgan fingerprint density at radius 1 is 0.500 bits per heavy atom. The molecule has 0 saturated heterocycles. The Kier molecular flexibility index (Phi) is 6.77. The second kappa shape index (κ2) is 10.1. The van der Waals surface area contributed by atoms with Crippen LogP contribution in [0.15, 0.2) is 115 Å². The van der Waals surface area contributed by atoms with Gasteiger partial charge in [-0.3, -0.25) is 9.11 Å². The summed E-state index contributed by atoms with van der Waals surface area (Å²) in [6, 6.07) is 21.4. The number of nitrogens with two attached hydrogens (primary N) is 2. The SMILES string of the molecule is Nc1c(N=Nc2ccc(N=Nc3cc(S(=O)(=O)O)c4ccccc4c3N)cc2)cc(S(=O)(=O)O)c2ccccc12. The highest BCUT2D eigenvalue weighted by Gasteiger charge is 2.19. The fraction of sp³-hybridized carbons (Fsp3) is 0. The van der Waals surface area contributed by atoms with E-state index in [1.165, 1.54) is 12.1 Å². The first kappa shape index (κ1) is 26.8. The Morgan fingerprint density at radius 2 is 0.825 bits per heavy atom. The number of azo groups is 2. The van der Waals surface area contributed by atoms with Crippen molar-refractivity contribution in [1.82, 2.24) is 0 Å². The van der Waals surface area contributed by atoms with Crippen molar-refractivity contribution in [1.29, 1.82) is 0 Å². The lowest BCUT2D eigenvalue weighted by atomic mass is 10.1. The van der Waals surface area contributed by atoms with Crippen LogP contribution in [0.2, 0.25) is 0 Å². The largest absolute Gasteiger partial charge is 0.396 e. The third-order valence-corrected chi connectivity index (χ3v) is 7.79. The van der Waals surface area contributed by atoms with E-state index in [0.717, 1.165) is 12.1 Å². The normalized spacial score (nSPS) is 12.7. The van der Waals surface area contributed by atoms with Gasteiger partial charge in [0, 0.05) is 21.5 Å². The molecular weight excluding hydrogens is 556 g/mol. The van der Waals surface area contributed by atoms with Gasteiger partial charge in [0.25, 0.3) is 20.2 Å². The lowest BCUT2D eigenvalue weighted by Gasteiger charge is -2.09. The van der Waals surface area contributed by atoms with Crippen LogP contribution in [0.3, 0.4) is 0 Å². The number of nitrogens with zero attached hydrogens (tertiary/aromatic N) is 4. The van der Waals surface area contributed by atoms with Gasteiger partial charge in [-0.15, -0.1) is 10.2 Å². The first-order valence-electron chi connectivity index (χ1n) is 11.4. The molecular formula is C26H20N6O6S2. The second-order valence-electron chi connectivity index (χ2n) is 8.57. The third kappa shape index (κ3) is 5.23. The minimum atomic E-state index is -4.55. The summed E-state index contributed by atoms with van der Waals surface area (Å²) in [5.74, 6) is 0. The molecule has 12 nitrogen and oxygen atoms in total. The Morgan fingerprint density at radius 3 is 1.15 bits per heavy atom. The van der Waals surface area contributed by atoms with Crippen molar-refractivity contribution in [3.8, 4) is 0 Å².